The number of rotatable bonds is 2. The summed E-state index contributed by atoms with van der Waals surface area (Å²) < 4.78 is 13.8. The van der Waals surface area contributed by atoms with Crippen molar-refractivity contribution in [3.8, 4) is 0 Å². The maximum Gasteiger partial charge on any atom is 0.295 e. The van der Waals surface area contributed by atoms with Crippen LogP contribution >= 0.6 is 0 Å². The van der Waals surface area contributed by atoms with Gasteiger partial charge in [0.25, 0.3) is 5.69 Å². The molecule has 1 aliphatic heterocycles. The molecule has 0 aromatic heterocycles. The highest BCUT2D eigenvalue weighted by atomic mass is 19.1. The molecule has 2 atom stereocenters. The van der Waals surface area contributed by atoms with E-state index in [1.54, 1.807) is 4.90 Å². The molecule has 5 nitrogen and oxygen atoms in total. The van der Waals surface area contributed by atoms with Gasteiger partial charge in [-0.2, -0.15) is 0 Å². The van der Waals surface area contributed by atoms with Gasteiger partial charge in [-0.1, -0.05) is 13.0 Å². The first kappa shape index (κ1) is 12.8. The average molecular weight is 253 g/mol. The van der Waals surface area contributed by atoms with Crippen molar-refractivity contribution in [2.24, 2.45) is 11.7 Å². The number of nitro groups is 1. The van der Waals surface area contributed by atoms with Crippen molar-refractivity contribution in [3.63, 3.8) is 0 Å². The highest BCUT2D eigenvalue weighted by Gasteiger charge is 2.29. The molecule has 1 saturated heterocycles. The number of hydrogen-bond donors (Lipinski definition) is 1. The third-order valence-electron chi connectivity index (χ3n) is 3.45. The van der Waals surface area contributed by atoms with Crippen LogP contribution in [-0.2, 0) is 0 Å². The molecule has 0 amide bonds. The number of halogens is 1. The van der Waals surface area contributed by atoms with Crippen molar-refractivity contribution in [1.82, 2.24) is 0 Å². The molecule has 0 spiro atoms. The van der Waals surface area contributed by atoms with Crippen LogP contribution in [0.1, 0.15) is 13.3 Å². The zero-order valence-corrected chi connectivity index (χ0v) is 10.2. The van der Waals surface area contributed by atoms with E-state index in [2.05, 4.69) is 0 Å². The Labute approximate surface area is 105 Å². The molecule has 1 aliphatic rings. The van der Waals surface area contributed by atoms with Crippen molar-refractivity contribution >= 4 is 11.4 Å². The van der Waals surface area contributed by atoms with E-state index >= 15 is 0 Å². The fraction of sp³-hybridized carbons (Fsp3) is 0.500. The largest absolute Gasteiger partial charge is 0.363 e. The SMILES string of the molecule is CC1CN(c2c(F)cccc2[N+](=O)[O-])CCC1N. The van der Waals surface area contributed by atoms with Gasteiger partial charge < -0.3 is 10.6 Å². The zero-order valence-electron chi connectivity index (χ0n) is 10.2. The summed E-state index contributed by atoms with van der Waals surface area (Å²) in [4.78, 5) is 12.1. The fourth-order valence-corrected chi connectivity index (χ4v) is 2.33. The lowest BCUT2D eigenvalue weighted by Crippen LogP contribution is -2.46. The number of para-hydroxylation sites is 1. The van der Waals surface area contributed by atoms with Gasteiger partial charge in [0, 0.05) is 25.2 Å². The number of hydrogen-bond acceptors (Lipinski definition) is 4. The van der Waals surface area contributed by atoms with Crippen LogP contribution in [0.4, 0.5) is 15.8 Å². The van der Waals surface area contributed by atoms with Crippen LogP contribution in [0.5, 0.6) is 0 Å². The second kappa shape index (κ2) is 4.89. The molecule has 0 saturated carbocycles. The number of nitro benzene ring substituents is 1. The maximum atomic E-state index is 13.8. The summed E-state index contributed by atoms with van der Waals surface area (Å²) in [6.07, 6.45) is 0.715. The summed E-state index contributed by atoms with van der Waals surface area (Å²) in [7, 11) is 0. The van der Waals surface area contributed by atoms with Gasteiger partial charge in [0.1, 0.15) is 0 Å². The van der Waals surface area contributed by atoms with Gasteiger partial charge >= 0.3 is 0 Å². The molecule has 98 valence electrons. The van der Waals surface area contributed by atoms with Crippen molar-refractivity contribution in [2.45, 2.75) is 19.4 Å². The maximum absolute atomic E-state index is 13.8. The van der Waals surface area contributed by atoms with E-state index in [0.717, 1.165) is 0 Å². The Morgan fingerprint density at radius 2 is 2.28 bits per heavy atom. The van der Waals surface area contributed by atoms with E-state index < -0.39 is 10.7 Å². The first-order valence-electron chi connectivity index (χ1n) is 5.94. The highest BCUT2D eigenvalue weighted by molar-refractivity contribution is 5.64. The second-order valence-corrected chi connectivity index (χ2v) is 4.74. The quantitative estimate of drug-likeness (QED) is 0.645. The van der Waals surface area contributed by atoms with Crippen LogP contribution in [0.3, 0.4) is 0 Å². The topological polar surface area (TPSA) is 72.4 Å². The van der Waals surface area contributed by atoms with Gasteiger partial charge in [0.15, 0.2) is 11.5 Å². The van der Waals surface area contributed by atoms with Gasteiger partial charge in [-0.15, -0.1) is 0 Å². The Kier molecular flexibility index (Phi) is 3.47. The summed E-state index contributed by atoms with van der Waals surface area (Å²) >= 11 is 0. The third kappa shape index (κ3) is 2.28. The van der Waals surface area contributed by atoms with Crippen molar-refractivity contribution < 1.29 is 9.31 Å². The molecule has 6 heteroatoms. The van der Waals surface area contributed by atoms with E-state index in [0.29, 0.717) is 19.5 Å². The van der Waals surface area contributed by atoms with Gasteiger partial charge in [0.2, 0.25) is 0 Å². The summed E-state index contributed by atoms with van der Waals surface area (Å²) in [5.74, 6) is -0.357. The van der Waals surface area contributed by atoms with Crippen LogP contribution < -0.4 is 10.6 Å². The predicted molar refractivity (Wildman–Crippen MR) is 67.0 cm³/mol. The third-order valence-corrected chi connectivity index (χ3v) is 3.45. The zero-order chi connectivity index (χ0) is 13.3. The van der Waals surface area contributed by atoms with Gasteiger partial charge in [-0.25, -0.2) is 4.39 Å². The van der Waals surface area contributed by atoms with E-state index in [4.69, 9.17) is 5.73 Å². The Morgan fingerprint density at radius 1 is 1.56 bits per heavy atom. The smallest absolute Gasteiger partial charge is 0.295 e. The monoisotopic (exact) mass is 253 g/mol. The average Bonchev–Trinajstić information content (AvgIpc) is 2.32. The molecule has 1 aromatic rings. The number of nitrogens with two attached hydrogens (primary N) is 1. The minimum atomic E-state index is -0.549. The molecule has 2 N–H and O–H groups in total. The lowest BCUT2D eigenvalue weighted by atomic mass is 9.94. The van der Waals surface area contributed by atoms with Crippen LogP contribution in [0.25, 0.3) is 0 Å². The molecule has 0 radical (unpaired) electrons. The number of benzene rings is 1. The molecule has 0 bridgehead atoms. The molecule has 1 fully saturated rings. The molecule has 1 aromatic carbocycles. The summed E-state index contributed by atoms with van der Waals surface area (Å²) in [5.41, 5.74) is 5.80. The van der Waals surface area contributed by atoms with E-state index in [9.17, 15) is 14.5 Å². The number of piperidine rings is 1. The van der Waals surface area contributed by atoms with Gasteiger partial charge in [-0.05, 0) is 18.4 Å². The van der Waals surface area contributed by atoms with Crippen LogP contribution in [0.2, 0.25) is 0 Å². The minimum absolute atomic E-state index is 0.0760. The van der Waals surface area contributed by atoms with Crippen molar-refractivity contribution in [3.05, 3.63) is 34.1 Å². The standard InChI is InChI=1S/C12H16FN3O2/c1-8-7-15(6-5-10(8)14)12-9(13)3-2-4-11(12)16(17)18/h2-4,8,10H,5-7,14H2,1H3. The van der Waals surface area contributed by atoms with Crippen LogP contribution in [-0.4, -0.2) is 24.1 Å². The van der Waals surface area contributed by atoms with Gasteiger partial charge in [-0.3, -0.25) is 10.1 Å². The van der Waals surface area contributed by atoms with Gasteiger partial charge in [0.05, 0.1) is 4.92 Å². The van der Waals surface area contributed by atoms with E-state index in [1.807, 2.05) is 6.92 Å². The Balaban J connectivity index is 2.36. The van der Waals surface area contributed by atoms with Crippen LogP contribution in [0.15, 0.2) is 18.2 Å². The lowest BCUT2D eigenvalue weighted by molar-refractivity contribution is -0.384. The first-order valence-corrected chi connectivity index (χ1v) is 5.94. The molecule has 0 aliphatic carbocycles. The second-order valence-electron chi connectivity index (χ2n) is 4.74. The summed E-state index contributed by atoms with van der Waals surface area (Å²) in [6.45, 7) is 3.07. The Morgan fingerprint density at radius 3 is 2.89 bits per heavy atom. The first-order chi connectivity index (χ1) is 8.50. The fourth-order valence-electron chi connectivity index (χ4n) is 2.33. The van der Waals surface area contributed by atoms with E-state index in [-0.39, 0.29) is 23.3 Å². The molecule has 1 heterocycles. The summed E-state index contributed by atoms with van der Waals surface area (Å²) in [5, 5.41) is 11.0. The number of nitrogens with zero attached hydrogens (tertiary/aromatic N) is 2. The van der Waals surface area contributed by atoms with E-state index in [1.165, 1.54) is 18.2 Å². The minimum Gasteiger partial charge on any atom is -0.363 e. The Hall–Kier alpha value is -1.69. The van der Waals surface area contributed by atoms with Crippen molar-refractivity contribution in [1.29, 1.82) is 0 Å². The molecular formula is C12H16FN3O2. The van der Waals surface area contributed by atoms with Crippen LogP contribution in [0, 0.1) is 21.8 Å². The number of anilines is 1. The highest BCUT2D eigenvalue weighted by Crippen LogP contribution is 2.33. The predicted octanol–water partition coefficient (Wildman–Crippen LogP) is 1.91. The molecule has 2 unspecified atom stereocenters. The molecule has 2 rings (SSSR count). The summed E-state index contributed by atoms with van der Waals surface area (Å²) in [6, 6.07) is 4.02. The lowest BCUT2D eigenvalue weighted by Gasteiger charge is -2.36. The normalized spacial score (nSPS) is 24.1. The molecular weight excluding hydrogens is 237 g/mol. The van der Waals surface area contributed by atoms with Crippen molar-refractivity contribution in [2.75, 3.05) is 18.0 Å². The Bertz CT molecular complexity index is 467. The molecule has 18 heavy (non-hydrogen) atoms.